The summed E-state index contributed by atoms with van der Waals surface area (Å²) in [5.41, 5.74) is 3.17. The summed E-state index contributed by atoms with van der Waals surface area (Å²) in [4.78, 5) is 27.8. The maximum Gasteiger partial charge on any atom is 0.573 e. The number of halogens is 6. The number of rotatable bonds is 6. The molecular formula is C44H56F6N2O6. The highest BCUT2D eigenvalue weighted by Gasteiger charge is 2.49. The molecule has 0 unspecified atom stereocenters. The van der Waals surface area contributed by atoms with Crippen LogP contribution >= 0.6 is 0 Å². The number of amides is 2. The lowest BCUT2D eigenvalue weighted by molar-refractivity contribution is -0.275. The van der Waals surface area contributed by atoms with E-state index in [-0.39, 0.29) is 40.4 Å². The zero-order chi connectivity index (χ0) is 42.9. The molecule has 2 amide bonds. The minimum atomic E-state index is -4.74. The molecule has 14 heteroatoms. The van der Waals surface area contributed by atoms with Gasteiger partial charge < -0.3 is 28.7 Å². The van der Waals surface area contributed by atoms with Crippen LogP contribution in [0.4, 0.5) is 35.9 Å². The zero-order valence-corrected chi connectivity index (χ0v) is 34.5. The van der Waals surface area contributed by atoms with Crippen LogP contribution < -0.4 is 9.47 Å². The van der Waals surface area contributed by atoms with Gasteiger partial charge in [0.15, 0.2) is 0 Å². The molecule has 2 spiro atoms. The van der Waals surface area contributed by atoms with Crippen LogP contribution in [0.5, 0.6) is 11.5 Å². The first-order valence-corrected chi connectivity index (χ1v) is 19.8. The van der Waals surface area contributed by atoms with Gasteiger partial charge in [0.05, 0.1) is 0 Å². The van der Waals surface area contributed by atoms with Gasteiger partial charge >= 0.3 is 24.9 Å². The summed E-state index contributed by atoms with van der Waals surface area (Å²) < 4.78 is 94.8. The van der Waals surface area contributed by atoms with Gasteiger partial charge in [-0.05, 0) is 157 Å². The second kappa shape index (κ2) is 16.7. The average Bonchev–Trinajstić information content (AvgIpc) is 3.06. The number of ether oxygens (including phenoxy) is 4. The summed E-state index contributed by atoms with van der Waals surface area (Å²) >= 11 is 0. The molecule has 2 aromatic carbocycles. The summed E-state index contributed by atoms with van der Waals surface area (Å²) in [5, 5.41) is 0. The summed E-state index contributed by atoms with van der Waals surface area (Å²) in [6.45, 7) is 19.3. The van der Waals surface area contributed by atoms with Crippen LogP contribution in [0.1, 0.15) is 122 Å². The Kier molecular flexibility index (Phi) is 12.9. The van der Waals surface area contributed by atoms with E-state index < -0.39 is 23.9 Å². The van der Waals surface area contributed by atoms with E-state index in [9.17, 15) is 35.9 Å². The normalized spacial score (nSPS) is 19.2. The van der Waals surface area contributed by atoms with E-state index in [4.69, 9.17) is 9.47 Å². The van der Waals surface area contributed by atoms with Gasteiger partial charge in [-0.1, -0.05) is 31.7 Å². The van der Waals surface area contributed by atoms with Gasteiger partial charge in [0.1, 0.15) is 22.7 Å². The van der Waals surface area contributed by atoms with Crippen LogP contribution in [0.15, 0.2) is 49.1 Å². The molecule has 0 radical (unpaired) electrons. The van der Waals surface area contributed by atoms with Gasteiger partial charge in [0.2, 0.25) is 0 Å². The molecule has 2 aliphatic heterocycles. The molecule has 2 aliphatic carbocycles. The molecule has 4 aliphatic rings. The Labute approximate surface area is 337 Å². The summed E-state index contributed by atoms with van der Waals surface area (Å²) in [7, 11) is 0. The molecule has 0 N–H and O–H groups in total. The number of allylic oxidation sites excluding steroid dienone is 2. The summed E-state index contributed by atoms with van der Waals surface area (Å²) in [5.74, 6) is -0.156. The van der Waals surface area contributed by atoms with Crippen LogP contribution in [0, 0.1) is 10.8 Å². The second-order valence-corrected chi connectivity index (χ2v) is 18.2. The van der Waals surface area contributed by atoms with Crippen molar-refractivity contribution in [3.05, 3.63) is 71.3 Å². The van der Waals surface area contributed by atoms with Gasteiger partial charge in [0, 0.05) is 37.0 Å². The van der Waals surface area contributed by atoms with E-state index in [1.54, 1.807) is 9.80 Å². The highest BCUT2D eigenvalue weighted by atomic mass is 19.4. The first kappa shape index (κ1) is 44.7. The van der Waals surface area contributed by atoms with Crippen LogP contribution in [0.2, 0.25) is 0 Å². The monoisotopic (exact) mass is 822 g/mol. The molecule has 2 saturated heterocycles. The summed E-state index contributed by atoms with van der Waals surface area (Å²) in [6, 6.07) is 9.54. The smallest absolute Gasteiger partial charge is 0.444 e. The minimum absolute atomic E-state index is 0.0295. The van der Waals surface area contributed by atoms with Gasteiger partial charge in [-0.15, -0.1) is 26.3 Å². The minimum Gasteiger partial charge on any atom is -0.444 e. The number of aryl methyl sites for hydroxylation is 1. The number of carbonyl (C=O) groups excluding carboxylic acids is 2. The quantitative estimate of drug-likeness (QED) is 0.270. The van der Waals surface area contributed by atoms with Gasteiger partial charge in [-0.25, -0.2) is 9.59 Å². The number of hydrogen-bond acceptors (Lipinski definition) is 6. The predicted molar refractivity (Wildman–Crippen MR) is 209 cm³/mol. The fraction of sp³-hybridized carbons (Fsp3) is 0.591. The van der Waals surface area contributed by atoms with Crippen LogP contribution in [0.3, 0.4) is 0 Å². The number of likely N-dealkylation sites (tertiary alicyclic amines) is 2. The third kappa shape index (κ3) is 12.3. The number of alkyl halides is 6. The van der Waals surface area contributed by atoms with E-state index in [2.05, 4.69) is 22.1 Å². The van der Waals surface area contributed by atoms with Gasteiger partial charge in [0.25, 0.3) is 0 Å². The predicted octanol–water partition coefficient (Wildman–Crippen LogP) is 12.1. The van der Waals surface area contributed by atoms with E-state index in [0.29, 0.717) is 43.7 Å². The second-order valence-electron chi connectivity index (χ2n) is 18.2. The molecule has 3 fully saturated rings. The summed E-state index contributed by atoms with van der Waals surface area (Å²) in [6.07, 6.45) is 0.334. The van der Waals surface area contributed by atoms with Crippen molar-refractivity contribution < 1.29 is 54.9 Å². The molecule has 58 heavy (non-hydrogen) atoms. The number of nitrogens with zero attached hydrogens (tertiary/aromatic N) is 2. The lowest BCUT2D eigenvalue weighted by Gasteiger charge is -2.53. The molecule has 2 heterocycles. The van der Waals surface area contributed by atoms with Gasteiger partial charge in [-0.2, -0.15) is 0 Å². The Morgan fingerprint density at radius 3 is 1.71 bits per heavy atom. The average molecular weight is 823 g/mol. The Morgan fingerprint density at radius 2 is 1.26 bits per heavy atom. The maximum absolute atomic E-state index is 12.6. The highest BCUT2D eigenvalue weighted by Crippen LogP contribution is 2.49. The first-order chi connectivity index (χ1) is 26.8. The topological polar surface area (TPSA) is 77.5 Å². The van der Waals surface area contributed by atoms with E-state index in [1.807, 2.05) is 60.6 Å². The zero-order valence-electron chi connectivity index (χ0n) is 34.5. The van der Waals surface area contributed by atoms with Crippen molar-refractivity contribution in [3.8, 4) is 11.5 Å². The molecule has 2 aromatic rings. The SMILES string of the molecule is C=Cc1cc(OC(F)(F)F)cc(C2=CCC3(CC2)CN(C(=O)OC(C)(C)C)C3)c1.CCc1cc(OC(F)(F)F)cc(C2CCC3(CC2)CN(C(=O)OC(C)(C)C)C3)c1. The molecule has 6 rings (SSSR count). The Hall–Kier alpha value is -4.36. The fourth-order valence-electron chi connectivity index (χ4n) is 8.25. The number of benzene rings is 2. The molecule has 8 nitrogen and oxygen atoms in total. The van der Waals surface area contributed by atoms with Crippen molar-refractivity contribution in [1.29, 1.82) is 0 Å². The standard InChI is InChI=1S/C22H30F3NO3.C22H26F3NO3/c2*1-5-15-10-17(12-18(11-15)28-22(23,24)25)16-6-8-21(9-7-16)13-26(14-21)19(27)29-20(2,3)4/h10-12,16H,5-9,13-14H2,1-4H3;5-6,10-12H,1,7-9,13-14H2,2-4H3. The van der Waals surface area contributed by atoms with Crippen molar-refractivity contribution in [2.45, 2.75) is 130 Å². The first-order valence-electron chi connectivity index (χ1n) is 19.8. The van der Waals surface area contributed by atoms with Crippen LogP contribution in [-0.2, 0) is 15.9 Å². The fourth-order valence-corrected chi connectivity index (χ4v) is 8.25. The van der Waals surface area contributed by atoms with E-state index >= 15 is 0 Å². The third-order valence-corrected chi connectivity index (χ3v) is 11.0. The highest BCUT2D eigenvalue weighted by molar-refractivity contribution is 5.72. The van der Waals surface area contributed by atoms with Crippen molar-refractivity contribution in [2.75, 3.05) is 26.2 Å². The maximum atomic E-state index is 12.6. The Morgan fingerprint density at radius 1 is 0.741 bits per heavy atom. The molecule has 0 atom stereocenters. The number of carbonyl (C=O) groups is 2. The van der Waals surface area contributed by atoms with Crippen molar-refractivity contribution in [3.63, 3.8) is 0 Å². The molecule has 0 bridgehead atoms. The Bertz CT molecular complexity index is 1840. The van der Waals surface area contributed by atoms with Gasteiger partial charge in [-0.3, -0.25) is 0 Å². The Balaban J connectivity index is 0.000000221. The lowest BCUT2D eigenvalue weighted by atomic mass is 9.65. The van der Waals surface area contributed by atoms with E-state index in [0.717, 1.165) is 61.6 Å². The van der Waals surface area contributed by atoms with Crippen LogP contribution in [-0.4, -0.2) is 72.1 Å². The molecule has 1 saturated carbocycles. The largest absolute Gasteiger partial charge is 0.573 e. The van der Waals surface area contributed by atoms with Crippen molar-refractivity contribution >= 4 is 23.8 Å². The molecule has 320 valence electrons. The van der Waals surface area contributed by atoms with E-state index in [1.165, 1.54) is 30.3 Å². The van der Waals surface area contributed by atoms with Crippen molar-refractivity contribution in [2.24, 2.45) is 10.8 Å². The number of hydrogen-bond donors (Lipinski definition) is 0. The molecular weight excluding hydrogens is 766 g/mol. The molecule has 0 aromatic heterocycles. The lowest BCUT2D eigenvalue weighted by Crippen LogP contribution is -2.60. The third-order valence-electron chi connectivity index (χ3n) is 11.0. The van der Waals surface area contributed by atoms with Crippen LogP contribution in [0.25, 0.3) is 11.6 Å². The van der Waals surface area contributed by atoms with Crippen molar-refractivity contribution in [1.82, 2.24) is 9.80 Å².